The number of nitrogens with one attached hydrogen (secondary N) is 1. The predicted octanol–water partition coefficient (Wildman–Crippen LogP) is 6.87. The van der Waals surface area contributed by atoms with Gasteiger partial charge in [-0.3, -0.25) is 9.88 Å². The van der Waals surface area contributed by atoms with Crippen LogP contribution in [0.2, 0.25) is 0 Å². The van der Waals surface area contributed by atoms with Crippen molar-refractivity contribution in [2.45, 2.75) is 62.7 Å². The molecule has 4 heterocycles. The van der Waals surface area contributed by atoms with Crippen molar-refractivity contribution in [3.8, 4) is 17.3 Å². The molecule has 1 saturated carbocycles. The Balaban J connectivity index is 1.32. The van der Waals surface area contributed by atoms with Crippen molar-refractivity contribution in [3.05, 3.63) is 60.6 Å². The number of ether oxygens (including phenoxy) is 1. The van der Waals surface area contributed by atoms with Crippen LogP contribution in [0.5, 0.6) is 6.01 Å². The summed E-state index contributed by atoms with van der Waals surface area (Å²) in [5, 5.41) is 5.89. The number of rotatable bonds is 9. The molecule has 3 fully saturated rings. The van der Waals surface area contributed by atoms with E-state index in [1.165, 1.54) is 6.42 Å². The van der Waals surface area contributed by atoms with E-state index in [1.807, 2.05) is 43.3 Å². The third-order valence-electron chi connectivity index (χ3n) is 10.3. The second-order valence-corrected chi connectivity index (χ2v) is 13.2. The largest absolute Gasteiger partial charge is 0.461 e. The van der Waals surface area contributed by atoms with E-state index in [0.717, 1.165) is 54.1 Å². The molecule has 0 bridgehead atoms. The van der Waals surface area contributed by atoms with Crippen LogP contribution >= 0.6 is 0 Å². The molecular weight excluding hydrogens is 558 g/mol. The number of allylic oxidation sites excluding steroid dienone is 1. The lowest BCUT2D eigenvalue weighted by Gasteiger charge is -2.47. The van der Waals surface area contributed by atoms with Gasteiger partial charge in [0.15, 0.2) is 5.82 Å². The highest BCUT2D eigenvalue weighted by atomic mass is 19.1. The molecule has 7 nitrogen and oxygen atoms in total. The van der Waals surface area contributed by atoms with E-state index in [2.05, 4.69) is 45.8 Å². The quantitative estimate of drug-likeness (QED) is 0.226. The van der Waals surface area contributed by atoms with Crippen molar-refractivity contribution in [3.63, 3.8) is 0 Å². The van der Waals surface area contributed by atoms with Crippen molar-refractivity contribution in [1.29, 1.82) is 0 Å². The van der Waals surface area contributed by atoms with Crippen LogP contribution in [0.1, 0.15) is 51.0 Å². The molecule has 7 rings (SSSR count). The van der Waals surface area contributed by atoms with Gasteiger partial charge in [-0.2, -0.15) is 9.97 Å². The maximum atomic E-state index is 16.7. The Hall–Kier alpha value is -3.69. The van der Waals surface area contributed by atoms with Crippen LogP contribution in [-0.2, 0) is 0 Å². The minimum absolute atomic E-state index is 0.00933. The number of benzene rings is 2. The molecule has 0 radical (unpaired) electrons. The average Bonchev–Trinajstić information content (AvgIpc) is 3.50. The molecule has 3 aliphatic rings. The maximum absolute atomic E-state index is 16.7. The predicted molar refractivity (Wildman–Crippen MR) is 172 cm³/mol. The number of hydrogen-bond acceptors (Lipinski definition) is 7. The zero-order valence-electron chi connectivity index (χ0n) is 25.8. The lowest BCUT2D eigenvalue weighted by atomic mass is 9.75. The highest BCUT2D eigenvalue weighted by Gasteiger charge is 2.49. The molecule has 0 spiro atoms. The van der Waals surface area contributed by atoms with Crippen molar-refractivity contribution >= 4 is 33.1 Å². The molecule has 2 aromatic carbocycles. The molecular formula is C35H40F2N6O. The van der Waals surface area contributed by atoms with E-state index in [-0.39, 0.29) is 34.9 Å². The van der Waals surface area contributed by atoms with Gasteiger partial charge in [-0.1, -0.05) is 48.6 Å². The van der Waals surface area contributed by atoms with Crippen LogP contribution in [-0.4, -0.2) is 82.3 Å². The first kappa shape index (κ1) is 29.0. The Bertz CT molecular complexity index is 1750. The second-order valence-electron chi connectivity index (χ2n) is 13.2. The minimum Gasteiger partial charge on any atom is -0.461 e. The number of aromatic nitrogens is 3. The zero-order valence-corrected chi connectivity index (χ0v) is 25.8. The van der Waals surface area contributed by atoms with Gasteiger partial charge in [-0.15, -0.1) is 0 Å². The molecule has 1 aliphatic carbocycles. The van der Waals surface area contributed by atoms with Gasteiger partial charge in [0.05, 0.1) is 10.9 Å². The Kier molecular flexibility index (Phi) is 7.28. The highest BCUT2D eigenvalue weighted by Crippen LogP contribution is 2.42. The average molecular weight is 599 g/mol. The molecule has 2 saturated heterocycles. The third kappa shape index (κ3) is 4.81. The minimum atomic E-state index is -0.866. The standard InChI is InChI=1S/C35H40F2N6O/c1-22(2)25-11-5-9-23-10-6-12-26(28(23)25)30-29(37)31-27(18-38-30)32(39-20-34(42(3)4)13-7-14-34)41-33(40-31)44-21-35-15-8-16-43(35)19-24(36)17-35/h5-6,9-12,18,24H,1,7-8,13-17,19-21H2,2-4H3,(H,39,40,41)/t24-,35?/m1/s1. The molecule has 230 valence electrons. The van der Waals surface area contributed by atoms with E-state index < -0.39 is 12.0 Å². The number of pyridine rings is 1. The van der Waals surface area contributed by atoms with Gasteiger partial charge in [-0.05, 0) is 76.0 Å². The van der Waals surface area contributed by atoms with E-state index in [0.29, 0.717) is 36.3 Å². The zero-order chi connectivity index (χ0) is 30.6. The smallest absolute Gasteiger partial charge is 0.319 e. The summed E-state index contributed by atoms with van der Waals surface area (Å²) < 4.78 is 37.4. The first-order valence-electron chi connectivity index (χ1n) is 15.7. The van der Waals surface area contributed by atoms with Crippen LogP contribution in [0.4, 0.5) is 14.6 Å². The number of fused-ring (bicyclic) bond motifs is 3. The number of anilines is 1. The number of likely N-dealkylation sites (N-methyl/N-ethyl adjacent to an activating group) is 1. The molecule has 9 heteroatoms. The summed E-state index contributed by atoms with van der Waals surface area (Å²) in [5.41, 5.74) is 2.53. The second kappa shape index (κ2) is 11.0. The number of nitrogens with zero attached hydrogens (tertiary/aromatic N) is 5. The Morgan fingerprint density at radius 3 is 2.66 bits per heavy atom. The first-order valence-corrected chi connectivity index (χ1v) is 15.7. The SMILES string of the molecule is C=C(C)c1cccc2cccc(-c3ncc4c(NCC5(N(C)C)CCC5)nc(OCC56CCCN5C[C@H](F)C6)nc4c3F)c12. The Morgan fingerprint density at radius 1 is 1.14 bits per heavy atom. The van der Waals surface area contributed by atoms with Crippen molar-refractivity contribution in [2.75, 3.05) is 45.7 Å². The lowest BCUT2D eigenvalue weighted by molar-refractivity contribution is 0.0738. The van der Waals surface area contributed by atoms with E-state index >= 15 is 4.39 Å². The molecule has 4 aromatic rings. The number of alkyl halides is 1. The fourth-order valence-corrected chi connectivity index (χ4v) is 7.58. The van der Waals surface area contributed by atoms with Gasteiger partial charge < -0.3 is 15.0 Å². The molecule has 0 amide bonds. The maximum Gasteiger partial charge on any atom is 0.319 e. The van der Waals surface area contributed by atoms with Crippen LogP contribution in [0.15, 0.2) is 49.2 Å². The van der Waals surface area contributed by atoms with Crippen LogP contribution in [0.3, 0.4) is 0 Å². The van der Waals surface area contributed by atoms with Gasteiger partial charge in [0.2, 0.25) is 0 Å². The first-order chi connectivity index (χ1) is 21.2. The topological polar surface area (TPSA) is 66.4 Å². The van der Waals surface area contributed by atoms with Gasteiger partial charge in [-0.25, -0.2) is 8.78 Å². The number of hydrogen-bond donors (Lipinski definition) is 1. The van der Waals surface area contributed by atoms with E-state index in [1.54, 1.807) is 6.20 Å². The van der Waals surface area contributed by atoms with Gasteiger partial charge in [0.1, 0.15) is 29.8 Å². The summed E-state index contributed by atoms with van der Waals surface area (Å²) in [7, 11) is 4.19. The fourth-order valence-electron chi connectivity index (χ4n) is 7.58. The fraction of sp³-hybridized carbons (Fsp3) is 0.457. The normalized spacial score (nSPS) is 22.8. The Labute approximate surface area is 257 Å². The summed E-state index contributed by atoms with van der Waals surface area (Å²) in [6.45, 7) is 8.33. The lowest BCUT2D eigenvalue weighted by Crippen LogP contribution is -2.54. The van der Waals surface area contributed by atoms with Crippen molar-refractivity contribution < 1.29 is 13.5 Å². The third-order valence-corrected chi connectivity index (χ3v) is 10.3. The number of halogens is 2. The van der Waals surface area contributed by atoms with Crippen molar-refractivity contribution in [2.24, 2.45) is 0 Å². The molecule has 2 aromatic heterocycles. The molecule has 2 atom stereocenters. The molecule has 1 N–H and O–H groups in total. The monoisotopic (exact) mass is 598 g/mol. The molecule has 44 heavy (non-hydrogen) atoms. The summed E-state index contributed by atoms with van der Waals surface area (Å²) in [6, 6.07) is 11.9. The van der Waals surface area contributed by atoms with Crippen LogP contribution < -0.4 is 10.1 Å². The summed E-state index contributed by atoms with van der Waals surface area (Å²) >= 11 is 0. The summed E-state index contributed by atoms with van der Waals surface area (Å²) in [4.78, 5) is 18.5. The van der Waals surface area contributed by atoms with Gasteiger partial charge >= 0.3 is 6.01 Å². The summed E-state index contributed by atoms with van der Waals surface area (Å²) in [5.74, 6) is -0.0367. The molecule has 2 aliphatic heterocycles. The summed E-state index contributed by atoms with van der Waals surface area (Å²) in [6.07, 6.45) is 6.42. The Morgan fingerprint density at radius 2 is 1.93 bits per heavy atom. The van der Waals surface area contributed by atoms with Gasteiger partial charge in [0, 0.05) is 36.8 Å². The van der Waals surface area contributed by atoms with E-state index in [9.17, 15) is 4.39 Å². The van der Waals surface area contributed by atoms with Crippen LogP contribution in [0.25, 0.3) is 38.5 Å². The van der Waals surface area contributed by atoms with E-state index in [4.69, 9.17) is 9.72 Å². The molecule has 1 unspecified atom stereocenters. The van der Waals surface area contributed by atoms with Gasteiger partial charge in [0.25, 0.3) is 0 Å². The highest BCUT2D eigenvalue weighted by molar-refractivity contribution is 6.04. The van der Waals surface area contributed by atoms with Crippen LogP contribution in [0, 0.1) is 5.82 Å². The van der Waals surface area contributed by atoms with Crippen molar-refractivity contribution in [1.82, 2.24) is 24.8 Å².